The van der Waals surface area contributed by atoms with Gasteiger partial charge in [-0.2, -0.15) is 0 Å². The van der Waals surface area contributed by atoms with Crippen LogP contribution in [-0.4, -0.2) is 19.5 Å². The maximum Gasteiger partial charge on any atom is 0.148 e. The molecular weight excluding hydrogens is 358 g/mol. The zero-order chi connectivity index (χ0) is 18.5. The third kappa shape index (κ3) is 4.15. The van der Waals surface area contributed by atoms with E-state index in [-0.39, 0.29) is 0 Å². The second-order valence-corrected chi connectivity index (χ2v) is 6.57. The van der Waals surface area contributed by atoms with Crippen molar-refractivity contribution in [2.24, 2.45) is 0 Å². The Morgan fingerprint density at radius 1 is 1.00 bits per heavy atom. The van der Waals surface area contributed by atoms with Gasteiger partial charge in [0.25, 0.3) is 0 Å². The van der Waals surface area contributed by atoms with Gasteiger partial charge in [-0.3, -0.25) is 0 Å². The molecule has 0 aliphatic carbocycles. The highest BCUT2D eigenvalue weighted by molar-refractivity contribution is 6.32. The van der Waals surface area contributed by atoms with Gasteiger partial charge in [0.05, 0.1) is 12.5 Å². The molecule has 0 aliphatic heterocycles. The summed E-state index contributed by atoms with van der Waals surface area (Å²) >= 11 is 6.13. The van der Waals surface area contributed by atoms with E-state index >= 15 is 0 Å². The van der Waals surface area contributed by atoms with E-state index in [0.29, 0.717) is 17.4 Å². The maximum absolute atomic E-state index is 6.13. The Labute approximate surface area is 162 Å². The Morgan fingerprint density at radius 3 is 2.63 bits per heavy atom. The van der Waals surface area contributed by atoms with Gasteiger partial charge in [0, 0.05) is 25.5 Å². The smallest absolute Gasteiger partial charge is 0.148 e. The van der Waals surface area contributed by atoms with Crippen LogP contribution in [0.25, 0.3) is 11.1 Å². The van der Waals surface area contributed by atoms with E-state index in [1.165, 1.54) is 28.6 Å². The highest BCUT2D eigenvalue weighted by Gasteiger charge is 2.07. The molecule has 6 heteroatoms. The fourth-order valence-electron chi connectivity index (χ4n) is 2.96. The number of hydrogen-bond acceptors (Lipinski definition) is 4. The number of anilines is 1. The summed E-state index contributed by atoms with van der Waals surface area (Å²) in [6.45, 7) is 1.44. The fourth-order valence-corrected chi connectivity index (χ4v) is 3.13. The van der Waals surface area contributed by atoms with Gasteiger partial charge >= 0.3 is 0 Å². The Morgan fingerprint density at radius 2 is 1.85 bits per heavy atom. The fraction of sp³-hybridized carbons (Fsp3) is 0.0952. The zero-order valence-electron chi connectivity index (χ0n) is 14.6. The molecule has 0 amide bonds. The van der Waals surface area contributed by atoms with Crippen molar-refractivity contribution in [2.45, 2.75) is 13.1 Å². The molecule has 0 bridgehead atoms. The van der Waals surface area contributed by atoms with Crippen molar-refractivity contribution in [1.82, 2.24) is 19.5 Å². The zero-order valence-corrected chi connectivity index (χ0v) is 15.3. The molecule has 2 aromatic heterocycles. The molecule has 2 aromatic carbocycles. The molecule has 0 atom stereocenters. The van der Waals surface area contributed by atoms with Crippen LogP contribution in [0.4, 0.5) is 5.82 Å². The summed E-state index contributed by atoms with van der Waals surface area (Å²) in [7, 11) is 0. The number of halogens is 1. The van der Waals surface area contributed by atoms with Gasteiger partial charge in [0.15, 0.2) is 0 Å². The van der Waals surface area contributed by atoms with Crippen LogP contribution in [-0.2, 0) is 13.1 Å². The summed E-state index contributed by atoms with van der Waals surface area (Å²) < 4.78 is 2.05. The van der Waals surface area contributed by atoms with Gasteiger partial charge in [-0.05, 0) is 22.3 Å². The first-order valence-corrected chi connectivity index (χ1v) is 9.00. The molecule has 0 saturated heterocycles. The first-order valence-electron chi connectivity index (χ1n) is 8.62. The first kappa shape index (κ1) is 17.2. The molecule has 0 fully saturated rings. The van der Waals surface area contributed by atoms with E-state index in [0.717, 1.165) is 6.54 Å². The topological polar surface area (TPSA) is 55.6 Å². The molecule has 0 radical (unpaired) electrons. The first-order chi connectivity index (χ1) is 13.3. The Hall–Kier alpha value is -3.18. The van der Waals surface area contributed by atoms with Crippen LogP contribution in [0.2, 0.25) is 5.02 Å². The lowest BCUT2D eigenvalue weighted by Gasteiger charge is -2.12. The van der Waals surface area contributed by atoms with Crippen molar-refractivity contribution in [1.29, 1.82) is 0 Å². The minimum absolute atomic E-state index is 0.513. The number of benzene rings is 2. The van der Waals surface area contributed by atoms with Gasteiger partial charge in [-0.1, -0.05) is 60.1 Å². The second-order valence-electron chi connectivity index (χ2n) is 6.16. The van der Waals surface area contributed by atoms with Crippen LogP contribution >= 0.6 is 11.6 Å². The van der Waals surface area contributed by atoms with Crippen LogP contribution in [0.5, 0.6) is 0 Å². The van der Waals surface area contributed by atoms with Crippen molar-refractivity contribution in [3.63, 3.8) is 0 Å². The van der Waals surface area contributed by atoms with Crippen molar-refractivity contribution in [2.75, 3.05) is 5.32 Å². The van der Waals surface area contributed by atoms with E-state index in [1.54, 1.807) is 12.4 Å². The predicted molar refractivity (Wildman–Crippen MR) is 108 cm³/mol. The summed E-state index contributed by atoms with van der Waals surface area (Å²) in [5.41, 5.74) is 4.77. The highest BCUT2D eigenvalue weighted by atomic mass is 35.5. The van der Waals surface area contributed by atoms with Crippen molar-refractivity contribution < 1.29 is 0 Å². The standard InChI is InChI=1S/C21H18ClN5/c22-20-12-24-14-26-21(20)25-11-18-3-1-2-4-19(18)17-7-5-16(6-8-17)13-27-10-9-23-15-27/h1-10,12,14-15H,11,13H2,(H,24,25,26). The van der Waals surface area contributed by atoms with Crippen LogP contribution in [0.1, 0.15) is 11.1 Å². The Kier molecular flexibility index (Phi) is 5.12. The van der Waals surface area contributed by atoms with E-state index in [1.807, 2.05) is 18.6 Å². The lowest BCUT2D eigenvalue weighted by molar-refractivity contribution is 0.797. The van der Waals surface area contributed by atoms with Gasteiger partial charge < -0.3 is 9.88 Å². The lowest BCUT2D eigenvalue weighted by atomic mass is 9.98. The lowest BCUT2D eigenvalue weighted by Crippen LogP contribution is -2.03. The molecule has 4 aromatic rings. The molecule has 27 heavy (non-hydrogen) atoms. The quantitative estimate of drug-likeness (QED) is 0.532. The average Bonchev–Trinajstić information content (AvgIpc) is 3.21. The largest absolute Gasteiger partial charge is 0.365 e. The van der Waals surface area contributed by atoms with Crippen LogP contribution in [0.15, 0.2) is 79.8 Å². The van der Waals surface area contributed by atoms with Crippen LogP contribution in [0.3, 0.4) is 0 Å². The summed E-state index contributed by atoms with van der Waals surface area (Å²) in [6, 6.07) is 16.9. The molecule has 2 heterocycles. The Bertz CT molecular complexity index is 1010. The molecule has 134 valence electrons. The SMILES string of the molecule is Clc1cncnc1NCc1ccccc1-c1ccc(Cn2ccnc2)cc1. The normalized spacial score (nSPS) is 10.7. The summed E-state index contributed by atoms with van der Waals surface area (Å²) in [6.07, 6.45) is 8.66. The monoisotopic (exact) mass is 375 g/mol. The predicted octanol–water partition coefficient (Wildman–Crippen LogP) is 4.65. The van der Waals surface area contributed by atoms with Crippen LogP contribution in [0, 0.1) is 0 Å². The van der Waals surface area contributed by atoms with Crippen molar-refractivity contribution in [3.8, 4) is 11.1 Å². The number of nitrogens with one attached hydrogen (secondary N) is 1. The highest BCUT2D eigenvalue weighted by Crippen LogP contribution is 2.26. The van der Waals surface area contributed by atoms with Gasteiger partial charge in [0.2, 0.25) is 0 Å². The second kappa shape index (κ2) is 8.01. The molecule has 0 aliphatic rings. The van der Waals surface area contributed by atoms with Crippen LogP contribution < -0.4 is 5.32 Å². The molecule has 0 spiro atoms. The number of aromatic nitrogens is 4. The molecule has 4 rings (SSSR count). The minimum Gasteiger partial charge on any atom is -0.365 e. The average molecular weight is 376 g/mol. The van der Waals surface area contributed by atoms with Crippen molar-refractivity contribution in [3.05, 3.63) is 95.9 Å². The van der Waals surface area contributed by atoms with Gasteiger partial charge in [-0.15, -0.1) is 0 Å². The van der Waals surface area contributed by atoms with E-state index < -0.39 is 0 Å². The molecular formula is C21H18ClN5. The van der Waals surface area contributed by atoms with E-state index in [2.05, 4.69) is 67.3 Å². The maximum atomic E-state index is 6.13. The van der Waals surface area contributed by atoms with Gasteiger partial charge in [-0.25, -0.2) is 15.0 Å². The third-order valence-electron chi connectivity index (χ3n) is 4.32. The van der Waals surface area contributed by atoms with E-state index in [4.69, 9.17) is 11.6 Å². The van der Waals surface area contributed by atoms with Gasteiger partial charge in [0.1, 0.15) is 17.2 Å². The summed E-state index contributed by atoms with van der Waals surface area (Å²) in [4.78, 5) is 12.2. The molecule has 1 N–H and O–H groups in total. The third-order valence-corrected chi connectivity index (χ3v) is 4.60. The molecule has 0 saturated carbocycles. The minimum atomic E-state index is 0.513. The Balaban J connectivity index is 1.53. The number of rotatable bonds is 6. The van der Waals surface area contributed by atoms with E-state index in [9.17, 15) is 0 Å². The number of imidazole rings is 1. The molecule has 5 nitrogen and oxygen atoms in total. The molecule has 0 unspecified atom stereocenters. The number of nitrogens with zero attached hydrogens (tertiary/aromatic N) is 4. The number of hydrogen-bond donors (Lipinski definition) is 1. The summed E-state index contributed by atoms with van der Waals surface area (Å²) in [5, 5.41) is 3.80. The van der Waals surface area contributed by atoms with Crippen molar-refractivity contribution >= 4 is 17.4 Å². The summed E-state index contributed by atoms with van der Waals surface area (Å²) in [5.74, 6) is 0.636.